The van der Waals surface area contributed by atoms with E-state index in [9.17, 15) is 9.59 Å². The summed E-state index contributed by atoms with van der Waals surface area (Å²) < 4.78 is 10.2. The highest BCUT2D eigenvalue weighted by Gasteiger charge is 2.23. The van der Waals surface area contributed by atoms with E-state index in [1.165, 1.54) is 0 Å². The van der Waals surface area contributed by atoms with Gasteiger partial charge in [-0.05, 0) is 43.3 Å². The molecule has 6 nitrogen and oxygen atoms in total. The molecule has 2 aromatic carbocycles. The third kappa shape index (κ3) is 5.55. The number of nitrogens with zero attached hydrogens (tertiary/aromatic N) is 2. The number of piperazine rings is 1. The van der Waals surface area contributed by atoms with Crippen molar-refractivity contribution < 1.29 is 19.1 Å². The third-order valence-corrected chi connectivity index (χ3v) is 5.10. The second kappa shape index (κ2) is 9.85. The van der Waals surface area contributed by atoms with Crippen molar-refractivity contribution in [1.29, 1.82) is 0 Å². The number of carbonyl (C=O) groups excluding carboxylic acids is 2. The molecule has 0 radical (unpaired) electrons. The predicted molar refractivity (Wildman–Crippen MR) is 113 cm³/mol. The van der Waals surface area contributed by atoms with Gasteiger partial charge in [0.25, 0.3) is 5.91 Å². The zero-order chi connectivity index (χ0) is 20.8. The molecule has 0 bridgehead atoms. The molecule has 0 spiro atoms. The van der Waals surface area contributed by atoms with Crippen molar-refractivity contribution in [3.63, 3.8) is 0 Å². The van der Waals surface area contributed by atoms with E-state index in [2.05, 4.69) is 4.90 Å². The Morgan fingerprint density at radius 1 is 1.03 bits per heavy atom. The molecule has 0 aliphatic carbocycles. The molecule has 3 rings (SSSR count). The molecular weight excluding hydrogens is 415 g/mol. The molecule has 0 unspecified atom stereocenters. The first kappa shape index (κ1) is 21.3. The topological polar surface area (TPSA) is 59.1 Å². The van der Waals surface area contributed by atoms with Crippen molar-refractivity contribution >= 4 is 40.8 Å². The molecule has 154 valence electrons. The van der Waals surface area contributed by atoms with Crippen LogP contribution in [0.25, 0.3) is 0 Å². The largest absolute Gasteiger partial charge is 0.480 e. The number of rotatable bonds is 6. The van der Waals surface area contributed by atoms with Crippen LogP contribution in [0, 0.1) is 0 Å². The average Bonchev–Trinajstić information content (AvgIpc) is 2.72. The van der Waals surface area contributed by atoms with E-state index in [-0.39, 0.29) is 24.1 Å². The highest BCUT2D eigenvalue weighted by molar-refractivity contribution is 6.32. The molecule has 1 amide bonds. The minimum absolute atomic E-state index is 0.0883. The van der Waals surface area contributed by atoms with Crippen molar-refractivity contribution in [3.8, 4) is 5.75 Å². The monoisotopic (exact) mass is 436 g/mol. The molecule has 1 saturated heterocycles. The van der Waals surface area contributed by atoms with Crippen LogP contribution in [-0.2, 0) is 9.53 Å². The maximum absolute atomic E-state index is 12.8. The Kier molecular flexibility index (Phi) is 7.23. The number of anilines is 1. The zero-order valence-electron chi connectivity index (χ0n) is 16.1. The Morgan fingerprint density at radius 2 is 1.79 bits per heavy atom. The summed E-state index contributed by atoms with van der Waals surface area (Å²) in [5.41, 5.74) is 1.53. The number of halogens is 2. The van der Waals surface area contributed by atoms with Gasteiger partial charge in [-0.1, -0.05) is 29.3 Å². The number of hydrogen-bond donors (Lipinski definition) is 0. The first-order valence-corrected chi connectivity index (χ1v) is 10.1. The number of carbonyl (C=O) groups is 2. The van der Waals surface area contributed by atoms with Crippen molar-refractivity contribution in [2.45, 2.75) is 6.92 Å². The number of ether oxygens (including phenoxy) is 2. The number of esters is 1. The van der Waals surface area contributed by atoms with Gasteiger partial charge in [-0.3, -0.25) is 4.79 Å². The lowest BCUT2D eigenvalue weighted by Gasteiger charge is -2.36. The van der Waals surface area contributed by atoms with Gasteiger partial charge < -0.3 is 19.3 Å². The van der Waals surface area contributed by atoms with Crippen LogP contribution in [0.5, 0.6) is 5.75 Å². The molecule has 29 heavy (non-hydrogen) atoms. The lowest BCUT2D eigenvalue weighted by molar-refractivity contribution is -0.145. The van der Waals surface area contributed by atoms with Crippen LogP contribution in [0.2, 0.25) is 10.0 Å². The SMILES string of the molecule is CCOC(=O)COc1ccc(C(=O)N2CCN(c3cccc(Cl)c3)CC2)cc1Cl. The fraction of sp³-hybridized carbons (Fsp3) is 0.333. The Bertz CT molecular complexity index is 883. The number of hydrogen-bond acceptors (Lipinski definition) is 5. The third-order valence-electron chi connectivity index (χ3n) is 4.57. The summed E-state index contributed by atoms with van der Waals surface area (Å²) in [6, 6.07) is 12.5. The Balaban J connectivity index is 1.58. The van der Waals surface area contributed by atoms with E-state index in [0.29, 0.717) is 29.4 Å². The van der Waals surface area contributed by atoms with Gasteiger partial charge in [0.1, 0.15) is 5.75 Å². The van der Waals surface area contributed by atoms with E-state index in [1.54, 1.807) is 30.0 Å². The molecule has 8 heteroatoms. The molecule has 0 N–H and O–H groups in total. The molecule has 2 aromatic rings. The summed E-state index contributed by atoms with van der Waals surface area (Å²) in [6.07, 6.45) is 0. The second-order valence-electron chi connectivity index (χ2n) is 6.50. The highest BCUT2D eigenvalue weighted by Crippen LogP contribution is 2.27. The van der Waals surface area contributed by atoms with Gasteiger partial charge >= 0.3 is 5.97 Å². The molecule has 1 aliphatic heterocycles. The fourth-order valence-corrected chi connectivity index (χ4v) is 3.53. The van der Waals surface area contributed by atoms with Crippen LogP contribution in [-0.4, -0.2) is 56.2 Å². The summed E-state index contributed by atoms with van der Waals surface area (Å²) in [5, 5.41) is 0.971. The van der Waals surface area contributed by atoms with E-state index in [0.717, 1.165) is 18.8 Å². The second-order valence-corrected chi connectivity index (χ2v) is 7.34. The summed E-state index contributed by atoms with van der Waals surface area (Å²) in [7, 11) is 0. The zero-order valence-corrected chi connectivity index (χ0v) is 17.6. The lowest BCUT2D eigenvalue weighted by Crippen LogP contribution is -2.48. The minimum atomic E-state index is -0.471. The van der Waals surface area contributed by atoms with Crippen LogP contribution in [0.15, 0.2) is 42.5 Å². The maximum Gasteiger partial charge on any atom is 0.344 e. The summed E-state index contributed by atoms with van der Waals surface area (Å²) in [6.45, 7) is 4.43. The quantitative estimate of drug-likeness (QED) is 0.642. The Labute approximate surface area is 179 Å². The van der Waals surface area contributed by atoms with Gasteiger partial charge in [-0.15, -0.1) is 0 Å². The summed E-state index contributed by atoms with van der Waals surface area (Å²) >= 11 is 12.3. The minimum Gasteiger partial charge on any atom is -0.480 e. The molecule has 0 aromatic heterocycles. The fourth-order valence-electron chi connectivity index (χ4n) is 3.11. The first-order chi connectivity index (χ1) is 14.0. The Morgan fingerprint density at radius 3 is 2.45 bits per heavy atom. The molecule has 0 atom stereocenters. The molecule has 1 fully saturated rings. The van der Waals surface area contributed by atoms with E-state index >= 15 is 0 Å². The standard InChI is InChI=1S/C21H22Cl2N2O4/c1-2-28-20(26)14-29-19-7-6-15(12-18(19)23)21(27)25-10-8-24(9-11-25)17-5-3-4-16(22)13-17/h3-7,12-13H,2,8-11,14H2,1H3. The van der Waals surface area contributed by atoms with Crippen molar-refractivity contribution in [2.24, 2.45) is 0 Å². The molecule has 1 aliphatic rings. The van der Waals surface area contributed by atoms with Gasteiger partial charge in [0.15, 0.2) is 6.61 Å². The molecular formula is C21H22Cl2N2O4. The van der Waals surface area contributed by atoms with Crippen molar-refractivity contribution in [3.05, 3.63) is 58.1 Å². The van der Waals surface area contributed by atoms with E-state index in [1.807, 2.05) is 24.3 Å². The van der Waals surface area contributed by atoms with Gasteiger partial charge in [0, 0.05) is 42.5 Å². The van der Waals surface area contributed by atoms with Crippen molar-refractivity contribution in [2.75, 3.05) is 44.3 Å². The normalized spacial score (nSPS) is 13.9. The Hall–Kier alpha value is -2.44. The van der Waals surface area contributed by atoms with E-state index < -0.39 is 5.97 Å². The van der Waals surface area contributed by atoms with Crippen molar-refractivity contribution in [1.82, 2.24) is 4.90 Å². The highest BCUT2D eigenvalue weighted by atomic mass is 35.5. The number of amides is 1. The summed E-state index contributed by atoms with van der Waals surface area (Å²) in [4.78, 5) is 28.2. The number of benzene rings is 2. The van der Waals surface area contributed by atoms with Gasteiger partial charge in [-0.25, -0.2) is 4.79 Å². The lowest BCUT2D eigenvalue weighted by atomic mass is 10.1. The predicted octanol–water partition coefficient (Wildman–Crippen LogP) is 3.90. The van der Waals surface area contributed by atoms with Crippen LogP contribution < -0.4 is 9.64 Å². The molecule has 0 saturated carbocycles. The van der Waals surface area contributed by atoms with Crippen LogP contribution in [0.4, 0.5) is 5.69 Å². The average molecular weight is 437 g/mol. The van der Waals surface area contributed by atoms with Crippen LogP contribution in [0.1, 0.15) is 17.3 Å². The van der Waals surface area contributed by atoms with E-state index in [4.69, 9.17) is 32.7 Å². The summed E-state index contributed by atoms with van der Waals surface area (Å²) in [5.74, 6) is -0.224. The van der Waals surface area contributed by atoms with Crippen LogP contribution >= 0.6 is 23.2 Å². The van der Waals surface area contributed by atoms with Crippen LogP contribution in [0.3, 0.4) is 0 Å². The molecule has 1 heterocycles. The van der Waals surface area contributed by atoms with Gasteiger partial charge in [-0.2, -0.15) is 0 Å². The maximum atomic E-state index is 12.8. The van der Waals surface area contributed by atoms with Gasteiger partial charge in [0.2, 0.25) is 0 Å². The first-order valence-electron chi connectivity index (χ1n) is 9.35. The smallest absolute Gasteiger partial charge is 0.344 e. The van der Waals surface area contributed by atoms with Gasteiger partial charge in [0.05, 0.1) is 11.6 Å².